The summed E-state index contributed by atoms with van der Waals surface area (Å²) in [5.74, 6) is 0.973. The van der Waals surface area contributed by atoms with Gasteiger partial charge in [0.2, 0.25) is 5.75 Å². The first kappa shape index (κ1) is 20.8. The maximum Gasteiger partial charge on any atom is 0.311 e. The van der Waals surface area contributed by atoms with Crippen LogP contribution in [0.25, 0.3) is 0 Å². The van der Waals surface area contributed by atoms with Gasteiger partial charge >= 0.3 is 5.69 Å². The Morgan fingerprint density at radius 2 is 1.54 bits per heavy atom. The summed E-state index contributed by atoms with van der Waals surface area (Å²) < 4.78 is 20.9. The number of rotatable bonds is 8. The maximum absolute atomic E-state index is 12.6. The van der Waals surface area contributed by atoms with E-state index in [4.69, 9.17) is 18.9 Å². The van der Waals surface area contributed by atoms with Gasteiger partial charge in [-0.25, -0.2) is 0 Å². The number of methoxy groups -OCH3 is 4. The van der Waals surface area contributed by atoms with Crippen molar-refractivity contribution in [3.8, 4) is 23.0 Å². The van der Waals surface area contributed by atoms with Crippen LogP contribution in [-0.2, 0) is 0 Å². The van der Waals surface area contributed by atoms with Crippen molar-refractivity contribution >= 4 is 11.6 Å². The van der Waals surface area contributed by atoms with Crippen LogP contribution in [0.15, 0.2) is 30.3 Å². The standard InChI is InChI=1S/C19H22N2O7/c1-11(13-9-16(26-3)18(28-5)17(10-13)27-4)20-19(22)12-6-7-15(25-2)14(8-12)21(23)24/h6-11H,1-5H3,(H,20,22). The highest BCUT2D eigenvalue weighted by Gasteiger charge is 2.21. The van der Waals surface area contributed by atoms with E-state index in [-0.39, 0.29) is 17.0 Å². The van der Waals surface area contributed by atoms with E-state index in [0.717, 1.165) is 0 Å². The smallest absolute Gasteiger partial charge is 0.311 e. The molecule has 28 heavy (non-hydrogen) atoms. The lowest BCUT2D eigenvalue weighted by Gasteiger charge is -2.19. The summed E-state index contributed by atoms with van der Waals surface area (Å²) in [7, 11) is 5.83. The molecule has 0 aliphatic heterocycles. The minimum absolute atomic E-state index is 0.0826. The van der Waals surface area contributed by atoms with Gasteiger partial charge in [0, 0.05) is 11.6 Å². The number of nitro benzene ring substituents is 1. The van der Waals surface area contributed by atoms with Crippen molar-refractivity contribution in [3.05, 3.63) is 51.6 Å². The molecule has 2 aromatic rings. The van der Waals surface area contributed by atoms with Crippen molar-refractivity contribution in [1.29, 1.82) is 0 Å². The van der Waals surface area contributed by atoms with Crippen LogP contribution in [0.1, 0.15) is 28.9 Å². The Morgan fingerprint density at radius 1 is 0.964 bits per heavy atom. The Hall–Kier alpha value is -3.49. The summed E-state index contributed by atoms with van der Waals surface area (Å²) in [6.07, 6.45) is 0. The maximum atomic E-state index is 12.6. The Kier molecular flexibility index (Phi) is 6.64. The van der Waals surface area contributed by atoms with Gasteiger partial charge < -0.3 is 24.3 Å². The molecule has 0 fully saturated rings. The minimum Gasteiger partial charge on any atom is -0.493 e. The van der Waals surface area contributed by atoms with Gasteiger partial charge in [0.05, 0.1) is 39.4 Å². The van der Waals surface area contributed by atoms with Crippen molar-refractivity contribution in [2.75, 3.05) is 28.4 Å². The highest BCUT2D eigenvalue weighted by atomic mass is 16.6. The van der Waals surface area contributed by atoms with Gasteiger partial charge in [0.1, 0.15) is 0 Å². The van der Waals surface area contributed by atoms with E-state index >= 15 is 0 Å². The Labute approximate surface area is 162 Å². The summed E-state index contributed by atoms with van der Waals surface area (Å²) in [4.78, 5) is 23.1. The highest BCUT2D eigenvalue weighted by molar-refractivity contribution is 5.95. The summed E-state index contributed by atoms with van der Waals surface area (Å²) in [5.41, 5.74) is 0.577. The number of carbonyl (C=O) groups excluding carboxylic acids is 1. The van der Waals surface area contributed by atoms with Crippen molar-refractivity contribution in [2.24, 2.45) is 0 Å². The molecule has 0 saturated carbocycles. The zero-order chi connectivity index (χ0) is 20.8. The number of hydrogen-bond donors (Lipinski definition) is 1. The van der Waals surface area contributed by atoms with E-state index in [2.05, 4.69) is 5.32 Å². The third-order valence-electron chi connectivity index (χ3n) is 4.17. The quantitative estimate of drug-likeness (QED) is 0.545. The summed E-state index contributed by atoms with van der Waals surface area (Å²) in [6.45, 7) is 1.77. The molecule has 0 heterocycles. The van der Waals surface area contributed by atoms with Gasteiger partial charge in [-0.05, 0) is 36.8 Å². The second-order valence-corrected chi connectivity index (χ2v) is 5.80. The van der Waals surface area contributed by atoms with E-state index in [1.165, 1.54) is 46.6 Å². The summed E-state index contributed by atoms with van der Waals surface area (Å²) >= 11 is 0. The van der Waals surface area contributed by atoms with Gasteiger partial charge in [-0.2, -0.15) is 0 Å². The number of carbonyl (C=O) groups is 1. The summed E-state index contributed by atoms with van der Waals surface area (Å²) in [6, 6.07) is 7.05. The van der Waals surface area contributed by atoms with Crippen LogP contribution >= 0.6 is 0 Å². The third-order valence-corrected chi connectivity index (χ3v) is 4.17. The molecule has 0 saturated heterocycles. The number of amides is 1. The molecule has 150 valence electrons. The van der Waals surface area contributed by atoms with Gasteiger partial charge in [-0.15, -0.1) is 0 Å². The van der Waals surface area contributed by atoms with Crippen molar-refractivity contribution in [1.82, 2.24) is 5.32 Å². The molecular formula is C19H22N2O7. The van der Waals surface area contributed by atoms with E-state index in [1.54, 1.807) is 19.1 Å². The molecule has 1 N–H and O–H groups in total. The van der Waals surface area contributed by atoms with Crippen LogP contribution < -0.4 is 24.3 Å². The topological polar surface area (TPSA) is 109 Å². The molecule has 9 nitrogen and oxygen atoms in total. The molecule has 1 unspecified atom stereocenters. The van der Waals surface area contributed by atoms with Gasteiger partial charge in [-0.3, -0.25) is 14.9 Å². The average Bonchev–Trinajstić information content (AvgIpc) is 2.71. The van der Waals surface area contributed by atoms with Gasteiger partial charge in [-0.1, -0.05) is 0 Å². The highest BCUT2D eigenvalue weighted by Crippen LogP contribution is 2.39. The van der Waals surface area contributed by atoms with Crippen LogP contribution in [0.2, 0.25) is 0 Å². The molecule has 0 bridgehead atoms. The fourth-order valence-electron chi connectivity index (χ4n) is 2.69. The molecule has 1 atom stereocenters. The predicted molar refractivity (Wildman–Crippen MR) is 102 cm³/mol. The average molecular weight is 390 g/mol. The van der Waals surface area contributed by atoms with Crippen molar-refractivity contribution in [2.45, 2.75) is 13.0 Å². The molecule has 0 aliphatic rings. The molecule has 0 aromatic heterocycles. The lowest BCUT2D eigenvalue weighted by molar-refractivity contribution is -0.385. The normalized spacial score (nSPS) is 11.3. The van der Waals surface area contributed by atoms with Crippen LogP contribution in [-0.4, -0.2) is 39.3 Å². The monoisotopic (exact) mass is 390 g/mol. The van der Waals surface area contributed by atoms with Crippen LogP contribution in [0, 0.1) is 10.1 Å². The number of nitrogens with zero attached hydrogens (tertiary/aromatic N) is 1. The molecular weight excluding hydrogens is 368 g/mol. The van der Waals surface area contributed by atoms with Crippen LogP contribution in [0.5, 0.6) is 23.0 Å². The van der Waals surface area contributed by atoms with Crippen LogP contribution in [0.4, 0.5) is 5.69 Å². The van der Waals surface area contributed by atoms with E-state index in [1.807, 2.05) is 0 Å². The molecule has 0 spiro atoms. The van der Waals surface area contributed by atoms with E-state index in [0.29, 0.717) is 22.8 Å². The van der Waals surface area contributed by atoms with Gasteiger partial charge in [0.15, 0.2) is 17.2 Å². The molecule has 2 aromatic carbocycles. The fraction of sp³-hybridized carbons (Fsp3) is 0.316. The number of nitrogens with one attached hydrogen (secondary N) is 1. The number of ether oxygens (including phenoxy) is 4. The van der Waals surface area contributed by atoms with E-state index < -0.39 is 16.9 Å². The molecule has 1 amide bonds. The Balaban J connectivity index is 2.30. The zero-order valence-electron chi connectivity index (χ0n) is 16.3. The zero-order valence-corrected chi connectivity index (χ0v) is 16.3. The molecule has 9 heteroatoms. The largest absolute Gasteiger partial charge is 0.493 e. The molecule has 0 aliphatic carbocycles. The number of benzene rings is 2. The van der Waals surface area contributed by atoms with Crippen LogP contribution in [0.3, 0.4) is 0 Å². The lowest BCUT2D eigenvalue weighted by atomic mass is 10.1. The molecule has 0 radical (unpaired) electrons. The van der Waals surface area contributed by atoms with E-state index in [9.17, 15) is 14.9 Å². The van der Waals surface area contributed by atoms with Crippen molar-refractivity contribution in [3.63, 3.8) is 0 Å². The fourth-order valence-corrected chi connectivity index (χ4v) is 2.69. The first-order chi connectivity index (χ1) is 13.4. The summed E-state index contributed by atoms with van der Waals surface area (Å²) in [5, 5.41) is 14.0. The first-order valence-electron chi connectivity index (χ1n) is 8.29. The number of nitro groups is 1. The minimum atomic E-state index is -0.599. The molecule has 2 rings (SSSR count). The predicted octanol–water partition coefficient (Wildman–Crippen LogP) is 3.12. The third kappa shape index (κ3) is 4.25. The first-order valence-corrected chi connectivity index (χ1v) is 8.29. The SMILES string of the molecule is COc1ccc(C(=O)NC(C)c2cc(OC)c(OC)c(OC)c2)cc1[N+](=O)[O-]. The second-order valence-electron chi connectivity index (χ2n) is 5.80. The lowest BCUT2D eigenvalue weighted by Crippen LogP contribution is -2.26. The number of hydrogen-bond acceptors (Lipinski definition) is 7. The Morgan fingerprint density at radius 3 is 2.00 bits per heavy atom. The van der Waals surface area contributed by atoms with Gasteiger partial charge in [0.25, 0.3) is 5.91 Å². The van der Waals surface area contributed by atoms with Crippen molar-refractivity contribution < 1.29 is 28.7 Å². The second kappa shape index (κ2) is 8.94. The Bertz CT molecular complexity index is 858.